The van der Waals surface area contributed by atoms with Gasteiger partial charge in [-0.15, -0.1) is 0 Å². The van der Waals surface area contributed by atoms with E-state index >= 15 is 0 Å². The van der Waals surface area contributed by atoms with Crippen molar-refractivity contribution in [3.63, 3.8) is 0 Å². The van der Waals surface area contributed by atoms with Crippen molar-refractivity contribution in [1.82, 2.24) is 5.32 Å². The maximum Gasteiger partial charge on any atom is 0.123 e. The third-order valence-corrected chi connectivity index (χ3v) is 3.59. The Kier molecular flexibility index (Phi) is 8.88. The molecule has 0 spiro atoms. The van der Waals surface area contributed by atoms with Crippen LogP contribution in [-0.4, -0.2) is 16.8 Å². The smallest absolute Gasteiger partial charge is 0.123 e. The van der Waals surface area contributed by atoms with Gasteiger partial charge in [-0.25, -0.2) is 0 Å². The van der Waals surface area contributed by atoms with Crippen LogP contribution in [0.2, 0.25) is 0 Å². The summed E-state index contributed by atoms with van der Waals surface area (Å²) in [5, 5.41) is 22.2. The first-order chi connectivity index (χ1) is 9.74. The summed E-state index contributed by atoms with van der Waals surface area (Å²) in [5.74, 6) is 0.266. The van der Waals surface area contributed by atoms with Crippen LogP contribution < -0.4 is 5.32 Å². The van der Waals surface area contributed by atoms with Gasteiger partial charge in [-0.3, -0.25) is 0 Å². The lowest BCUT2D eigenvalue weighted by atomic mass is 10.1. The Morgan fingerprint density at radius 2 is 1.55 bits per heavy atom. The highest BCUT2D eigenvalue weighted by atomic mass is 16.3. The van der Waals surface area contributed by atoms with Crippen molar-refractivity contribution in [1.29, 1.82) is 0 Å². The fourth-order valence-electron chi connectivity index (χ4n) is 2.31. The van der Waals surface area contributed by atoms with E-state index in [-0.39, 0.29) is 11.5 Å². The van der Waals surface area contributed by atoms with E-state index in [0.717, 1.165) is 12.1 Å². The quantitative estimate of drug-likeness (QED) is 0.528. The van der Waals surface area contributed by atoms with E-state index in [1.165, 1.54) is 57.4 Å². The number of aromatic hydroxyl groups is 2. The lowest BCUT2D eigenvalue weighted by Crippen LogP contribution is -2.14. The predicted octanol–water partition coefficient (Wildman–Crippen LogP) is 4.33. The van der Waals surface area contributed by atoms with Crippen molar-refractivity contribution < 1.29 is 10.2 Å². The van der Waals surface area contributed by atoms with Gasteiger partial charge >= 0.3 is 0 Å². The summed E-state index contributed by atoms with van der Waals surface area (Å²) in [7, 11) is 0. The second kappa shape index (κ2) is 10.6. The van der Waals surface area contributed by atoms with E-state index in [2.05, 4.69) is 12.2 Å². The minimum absolute atomic E-state index is 0.106. The normalized spacial score (nSPS) is 10.8. The predicted molar refractivity (Wildman–Crippen MR) is 84.1 cm³/mol. The first-order valence-corrected chi connectivity index (χ1v) is 7.95. The molecule has 0 radical (unpaired) electrons. The molecule has 0 saturated heterocycles. The molecule has 0 atom stereocenters. The summed E-state index contributed by atoms with van der Waals surface area (Å²) in [5.41, 5.74) is 0.836. The minimum Gasteiger partial charge on any atom is -0.508 e. The average Bonchev–Trinajstić information content (AvgIpc) is 2.43. The van der Waals surface area contributed by atoms with Crippen LogP contribution in [0.5, 0.6) is 11.5 Å². The molecule has 0 fully saturated rings. The van der Waals surface area contributed by atoms with Crippen LogP contribution in [0.4, 0.5) is 0 Å². The number of nitrogens with one attached hydrogen (secondary N) is 1. The first-order valence-electron chi connectivity index (χ1n) is 7.95. The highest BCUT2D eigenvalue weighted by Crippen LogP contribution is 2.22. The van der Waals surface area contributed by atoms with Gasteiger partial charge in [0, 0.05) is 18.2 Å². The van der Waals surface area contributed by atoms with Crippen LogP contribution in [0.1, 0.15) is 63.9 Å². The molecule has 3 nitrogen and oxygen atoms in total. The van der Waals surface area contributed by atoms with Crippen molar-refractivity contribution in [3.8, 4) is 11.5 Å². The number of phenols is 2. The standard InChI is InChI=1S/C17H29NO2/c1-2-3-4-5-6-7-8-9-12-18-14-15-10-11-16(19)13-17(15)20/h10-11,13,18-20H,2-9,12,14H2,1H3. The molecule has 0 aromatic heterocycles. The Labute approximate surface area is 123 Å². The zero-order valence-electron chi connectivity index (χ0n) is 12.7. The Morgan fingerprint density at radius 3 is 2.20 bits per heavy atom. The molecule has 114 valence electrons. The molecular weight excluding hydrogens is 250 g/mol. The number of rotatable bonds is 11. The van der Waals surface area contributed by atoms with Crippen LogP contribution in [0.15, 0.2) is 18.2 Å². The molecule has 0 saturated carbocycles. The second-order valence-electron chi connectivity index (χ2n) is 5.46. The van der Waals surface area contributed by atoms with E-state index in [1.54, 1.807) is 12.1 Å². The Bertz CT molecular complexity index is 366. The number of benzene rings is 1. The molecular formula is C17H29NO2. The molecule has 1 aromatic rings. The molecule has 1 rings (SSSR count). The summed E-state index contributed by atoms with van der Waals surface area (Å²) in [4.78, 5) is 0. The van der Waals surface area contributed by atoms with Crippen LogP contribution in [0.3, 0.4) is 0 Å². The van der Waals surface area contributed by atoms with Crippen molar-refractivity contribution in [2.75, 3.05) is 6.54 Å². The Hall–Kier alpha value is -1.22. The lowest BCUT2D eigenvalue weighted by Gasteiger charge is -2.07. The SMILES string of the molecule is CCCCCCCCCCNCc1ccc(O)cc1O. The van der Waals surface area contributed by atoms with Gasteiger partial charge in [0.25, 0.3) is 0 Å². The maximum atomic E-state index is 9.63. The largest absolute Gasteiger partial charge is 0.508 e. The maximum absolute atomic E-state index is 9.63. The van der Waals surface area contributed by atoms with Crippen molar-refractivity contribution in [3.05, 3.63) is 23.8 Å². The van der Waals surface area contributed by atoms with Gasteiger partial charge in [-0.05, 0) is 19.0 Å². The summed E-state index contributed by atoms with van der Waals surface area (Å²) < 4.78 is 0. The van der Waals surface area contributed by atoms with Crippen LogP contribution >= 0.6 is 0 Å². The fourth-order valence-corrected chi connectivity index (χ4v) is 2.31. The van der Waals surface area contributed by atoms with Crippen LogP contribution in [0.25, 0.3) is 0 Å². The van der Waals surface area contributed by atoms with Gasteiger partial charge in [0.05, 0.1) is 0 Å². The van der Waals surface area contributed by atoms with E-state index in [0.29, 0.717) is 6.54 Å². The second-order valence-corrected chi connectivity index (χ2v) is 5.46. The lowest BCUT2D eigenvalue weighted by molar-refractivity contribution is 0.443. The Morgan fingerprint density at radius 1 is 0.900 bits per heavy atom. The molecule has 20 heavy (non-hydrogen) atoms. The molecule has 0 aliphatic carbocycles. The molecule has 0 aliphatic rings. The third kappa shape index (κ3) is 7.39. The van der Waals surface area contributed by atoms with Crippen molar-refractivity contribution in [2.24, 2.45) is 0 Å². The summed E-state index contributed by atoms with van der Waals surface area (Å²) >= 11 is 0. The Balaban J connectivity index is 1.97. The number of hydrogen-bond acceptors (Lipinski definition) is 3. The van der Waals surface area contributed by atoms with Crippen LogP contribution in [0, 0.1) is 0 Å². The van der Waals surface area contributed by atoms with Gasteiger partial charge in [0.2, 0.25) is 0 Å². The van der Waals surface area contributed by atoms with Gasteiger partial charge in [-0.1, -0.05) is 57.9 Å². The highest BCUT2D eigenvalue weighted by Gasteiger charge is 2.01. The molecule has 3 heteroatoms. The highest BCUT2D eigenvalue weighted by molar-refractivity contribution is 5.38. The number of hydrogen-bond donors (Lipinski definition) is 3. The number of phenolic OH excluding ortho intramolecular Hbond substituents is 2. The summed E-state index contributed by atoms with van der Waals surface area (Å²) in [6, 6.07) is 4.74. The van der Waals surface area contributed by atoms with Crippen LogP contribution in [-0.2, 0) is 6.54 Å². The zero-order chi connectivity index (χ0) is 14.6. The monoisotopic (exact) mass is 279 g/mol. The number of unbranched alkanes of at least 4 members (excludes halogenated alkanes) is 7. The fraction of sp³-hybridized carbons (Fsp3) is 0.647. The van der Waals surface area contributed by atoms with Gasteiger partial charge < -0.3 is 15.5 Å². The molecule has 1 aromatic carbocycles. The van der Waals surface area contributed by atoms with Crippen molar-refractivity contribution >= 4 is 0 Å². The van der Waals surface area contributed by atoms with E-state index in [4.69, 9.17) is 0 Å². The molecule has 0 bridgehead atoms. The van der Waals surface area contributed by atoms with E-state index < -0.39 is 0 Å². The van der Waals surface area contributed by atoms with E-state index in [1.807, 2.05) is 0 Å². The summed E-state index contributed by atoms with van der Waals surface area (Å²) in [6.07, 6.45) is 10.6. The molecule has 0 aliphatic heterocycles. The van der Waals surface area contributed by atoms with Gasteiger partial charge in [0.15, 0.2) is 0 Å². The topological polar surface area (TPSA) is 52.5 Å². The molecule has 0 heterocycles. The molecule has 0 unspecified atom stereocenters. The zero-order valence-corrected chi connectivity index (χ0v) is 12.7. The van der Waals surface area contributed by atoms with Crippen molar-refractivity contribution in [2.45, 2.75) is 64.8 Å². The molecule has 3 N–H and O–H groups in total. The minimum atomic E-state index is 0.106. The third-order valence-electron chi connectivity index (χ3n) is 3.59. The van der Waals surface area contributed by atoms with Gasteiger partial charge in [-0.2, -0.15) is 0 Å². The first kappa shape index (κ1) is 16.8. The van der Waals surface area contributed by atoms with Gasteiger partial charge in [0.1, 0.15) is 11.5 Å². The summed E-state index contributed by atoms with van der Waals surface area (Å²) in [6.45, 7) is 3.88. The molecule has 0 amide bonds. The van der Waals surface area contributed by atoms with E-state index in [9.17, 15) is 10.2 Å². The average molecular weight is 279 g/mol.